The van der Waals surface area contributed by atoms with Crippen molar-refractivity contribution in [3.8, 4) is 0 Å². The van der Waals surface area contributed by atoms with Crippen molar-refractivity contribution in [2.24, 2.45) is 0 Å². The minimum absolute atomic E-state index is 0.617. The van der Waals surface area contributed by atoms with Crippen molar-refractivity contribution < 1.29 is 4.74 Å². The molecule has 0 saturated carbocycles. The molecule has 0 radical (unpaired) electrons. The monoisotopic (exact) mass is 526 g/mol. The van der Waals surface area contributed by atoms with E-state index in [2.05, 4.69) is 145 Å². The second-order valence-corrected chi connectivity index (χ2v) is 9.07. The van der Waals surface area contributed by atoms with E-state index in [1.807, 2.05) is 6.07 Å². The van der Waals surface area contributed by atoms with Crippen LogP contribution >= 0.6 is 22.6 Å². The Morgan fingerprint density at radius 1 is 0.625 bits per heavy atom. The largest absolute Gasteiger partial charge is 0.476 e. The molecule has 1 aliphatic heterocycles. The van der Waals surface area contributed by atoms with E-state index in [-0.39, 0.29) is 0 Å². The van der Waals surface area contributed by atoms with Gasteiger partial charge in [-0.25, -0.2) is 0 Å². The average Bonchev–Trinajstić information content (AvgIpc) is 3.20. The highest BCUT2D eigenvalue weighted by Crippen LogP contribution is 2.55. The number of allylic oxidation sites excluding steroid dienone is 1. The molecule has 4 aromatic rings. The van der Waals surface area contributed by atoms with Crippen LogP contribution in [0.15, 0.2) is 127 Å². The summed E-state index contributed by atoms with van der Waals surface area (Å²) in [6.45, 7) is 2.19. The molecule has 0 aromatic heterocycles. The SMILES string of the molecule is CC1(c2ccccc2)O/C(=C(\I)c2ccccc2)C(c2ccccc2)=C1c1ccccc1. The summed E-state index contributed by atoms with van der Waals surface area (Å²) in [4.78, 5) is 0. The Kier molecular flexibility index (Phi) is 5.71. The smallest absolute Gasteiger partial charge is 0.158 e. The Morgan fingerprint density at radius 3 is 1.66 bits per heavy atom. The van der Waals surface area contributed by atoms with Crippen molar-refractivity contribution in [3.05, 3.63) is 149 Å². The predicted octanol–water partition coefficient (Wildman–Crippen LogP) is 8.35. The van der Waals surface area contributed by atoms with Gasteiger partial charge < -0.3 is 4.74 Å². The molecule has 0 bridgehead atoms. The maximum atomic E-state index is 6.98. The van der Waals surface area contributed by atoms with E-state index >= 15 is 0 Å². The number of benzene rings is 4. The van der Waals surface area contributed by atoms with Gasteiger partial charge in [0, 0.05) is 11.1 Å². The van der Waals surface area contributed by atoms with Crippen LogP contribution in [0, 0.1) is 0 Å². The average molecular weight is 526 g/mol. The van der Waals surface area contributed by atoms with Gasteiger partial charge >= 0.3 is 0 Å². The standard InChI is InChI=1S/C30H23IO/c1-30(25-20-12-5-13-21-25)27(23-16-8-3-9-17-23)26(22-14-6-2-7-15-22)29(32-30)28(31)24-18-10-4-11-19-24/h2-21H,1H3/b29-28-. The van der Waals surface area contributed by atoms with Gasteiger partial charge in [0.05, 0.1) is 3.58 Å². The Balaban J connectivity index is 1.87. The first-order chi connectivity index (χ1) is 15.7. The normalized spacial score (nSPS) is 19.6. The van der Waals surface area contributed by atoms with Crippen LogP contribution < -0.4 is 0 Å². The van der Waals surface area contributed by atoms with Crippen LogP contribution in [0.4, 0.5) is 0 Å². The second kappa shape index (κ2) is 8.79. The van der Waals surface area contributed by atoms with Gasteiger partial charge in [-0.05, 0) is 51.8 Å². The Labute approximate surface area is 203 Å². The van der Waals surface area contributed by atoms with Crippen LogP contribution in [0.3, 0.4) is 0 Å². The molecule has 156 valence electrons. The molecule has 0 aliphatic carbocycles. The summed E-state index contributed by atoms with van der Waals surface area (Å²) < 4.78 is 8.09. The van der Waals surface area contributed by atoms with Crippen molar-refractivity contribution in [1.29, 1.82) is 0 Å². The quantitative estimate of drug-likeness (QED) is 0.243. The molecule has 1 aliphatic rings. The van der Waals surface area contributed by atoms with Crippen molar-refractivity contribution in [2.75, 3.05) is 0 Å². The van der Waals surface area contributed by atoms with Crippen LogP contribution in [0.25, 0.3) is 14.7 Å². The Hall–Kier alpha value is -3.11. The van der Waals surface area contributed by atoms with Crippen LogP contribution in [0.2, 0.25) is 0 Å². The lowest BCUT2D eigenvalue weighted by Crippen LogP contribution is -2.23. The summed E-state index contributed by atoms with van der Waals surface area (Å²) in [5.74, 6) is 0.924. The van der Waals surface area contributed by atoms with Crippen molar-refractivity contribution in [1.82, 2.24) is 0 Å². The van der Waals surface area contributed by atoms with Gasteiger partial charge in [-0.1, -0.05) is 121 Å². The van der Waals surface area contributed by atoms with E-state index in [0.717, 1.165) is 31.6 Å². The zero-order chi connectivity index (χ0) is 22.0. The van der Waals surface area contributed by atoms with Gasteiger partial charge in [-0.2, -0.15) is 0 Å². The van der Waals surface area contributed by atoms with Crippen molar-refractivity contribution in [2.45, 2.75) is 12.5 Å². The summed E-state index contributed by atoms with van der Waals surface area (Å²) in [7, 11) is 0. The number of hydrogen-bond acceptors (Lipinski definition) is 1. The third-order valence-electron chi connectivity index (χ3n) is 5.94. The first-order valence-electron chi connectivity index (χ1n) is 10.7. The zero-order valence-electron chi connectivity index (χ0n) is 17.8. The van der Waals surface area contributed by atoms with Gasteiger partial charge in [-0.3, -0.25) is 0 Å². The van der Waals surface area contributed by atoms with Gasteiger partial charge in [0.25, 0.3) is 0 Å². The molecule has 1 heterocycles. The number of hydrogen-bond donors (Lipinski definition) is 0. The minimum atomic E-state index is -0.617. The molecule has 4 aromatic carbocycles. The van der Waals surface area contributed by atoms with E-state index in [4.69, 9.17) is 4.74 Å². The topological polar surface area (TPSA) is 9.23 Å². The van der Waals surface area contributed by atoms with E-state index in [9.17, 15) is 0 Å². The molecule has 1 nitrogen and oxygen atoms in total. The summed E-state index contributed by atoms with van der Waals surface area (Å²) in [5, 5.41) is 0. The Bertz CT molecular complexity index is 1280. The van der Waals surface area contributed by atoms with Crippen LogP contribution in [-0.2, 0) is 10.3 Å². The highest BCUT2D eigenvalue weighted by Gasteiger charge is 2.45. The van der Waals surface area contributed by atoms with E-state index in [0.29, 0.717) is 0 Å². The van der Waals surface area contributed by atoms with Gasteiger partial charge in [0.1, 0.15) is 5.76 Å². The van der Waals surface area contributed by atoms with E-state index in [1.54, 1.807) is 0 Å². The maximum absolute atomic E-state index is 6.98. The molecule has 32 heavy (non-hydrogen) atoms. The highest BCUT2D eigenvalue weighted by molar-refractivity contribution is 14.1. The fourth-order valence-electron chi connectivity index (χ4n) is 4.39. The van der Waals surface area contributed by atoms with Crippen LogP contribution in [0.1, 0.15) is 29.2 Å². The summed E-state index contributed by atoms with van der Waals surface area (Å²) in [6, 6.07) is 42.2. The summed E-state index contributed by atoms with van der Waals surface area (Å²) >= 11 is 2.44. The van der Waals surface area contributed by atoms with E-state index < -0.39 is 5.60 Å². The lowest BCUT2D eigenvalue weighted by molar-refractivity contribution is 0.0939. The summed E-state index contributed by atoms with van der Waals surface area (Å²) in [6.07, 6.45) is 0. The predicted molar refractivity (Wildman–Crippen MR) is 142 cm³/mol. The van der Waals surface area contributed by atoms with Gasteiger partial charge in [0.2, 0.25) is 0 Å². The third kappa shape index (κ3) is 3.69. The fraction of sp³-hybridized carbons (Fsp3) is 0.0667. The molecule has 5 rings (SSSR count). The van der Waals surface area contributed by atoms with Gasteiger partial charge in [-0.15, -0.1) is 0 Å². The molecule has 2 heteroatoms. The number of halogens is 1. The molecule has 0 N–H and O–H groups in total. The maximum Gasteiger partial charge on any atom is 0.158 e. The lowest BCUT2D eigenvalue weighted by Gasteiger charge is -2.29. The fourth-order valence-corrected chi connectivity index (χ4v) is 5.13. The molecule has 0 spiro atoms. The molecule has 0 fully saturated rings. The first-order valence-corrected chi connectivity index (χ1v) is 11.8. The highest BCUT2D eigenvalue weighted by atomic mass is 127. The number of rotatable bonds is 4. The lowest BCUT2D eigenvalue weighted by atomic mass is 9.81. The molecule has 0 saturated heterocycles. The van der Waals surface area contributed by atoms with Crippen LogP contribution in [-0.4, -0.2) is 0 Å². The molecule has 1 atom stereocenters. The second-order valence-electron chi connectivity index (χ2n) is 7.99. The van der Waals surface area contributed by atoms with Crippen molar-refractivity contribution >= 4 is 37.3 Å². The van der Waals surface area contributed by atoms with Crippen LogP contribution in [0.5, 0.6) is 0 Å². The minimum Gasteiger partial charge on any atom is -0.476 e. The van der Waals surface area contributed by atoms with Crippen molar-refractivity contribution in [3.63, 3.8) is 0 Å². The molecular formula is C30H23IO. The molecular weight excluding hydrogens is 503 g/mol. The molecule has 1 unspecified atom stereocenters. The zero-order valence-corrected chi connectivity index (χ0v) is 20.0. The Morgan fingerprint density at radius 2 is 1.09 bits per heavy atom. The van der Waals surface area contributed by atoms with Gasteiger partial charge in [0.15, 0.2) is 5.60 Å². The third-order valence-corrected chi connectivity index (χ3v) is 7.05. The first kappa shape index (κ1) is 20.8. The summed E-state index contributed by atoms with van der Waals surface area (Å²) in [5.41, 5.74) is 6.35. The number of ether oxygens (including phenoxy) is 1. The molecule has 0 amide bonds. The van der Waals surface area contributed by atoms with E-state index in [1.165, 1.54) is 11.1 Å².